The molecule has 70 valence electrons. The summed E-state index contributed by atoms with van der Waals surface area (Å²) >= 11 is 0. The average Bonchev–Trinajstić information content (AvgIpc) is 1.86. The van der Waals surface area contributed by atoms with E-state index in [0.717, 1.165) is 0 Å². The summed E-state index contributed by atoms with van der Waals surface area (Å²) in [5.41, 5.74) is 0. The van der Waals surface area contributed by atoms with Crippen molar-refractivity contribution in [3.63, 3.8) is 0 Å². The topological polar surface area (TPSA) is 57.5 Å². The summed E-state index contributed by atoms with van der Waals surface area (Å²) in [4.78, 5) is 18.0. The minimum atomic E-state index is -4.09. The van der Waals surface area contributed by atoms with E-state index in [1.54, 1.807) is 26.0 Å². The number of rotatable bonds is 3. The zero-order valence-electron chi connectivity index (χ0n) is 7.56. The predicted molar refractivity (Wildman–Crippen MR) is 50.1 cm³/mol. The van der Waals surface area contributed by atoms with Crippen LogP contribution in [0.1, 0.15) is 20.8 Å². The summed E-state index contributed by atoms with van der Waals surface area (Å²) in [7, 11) is -4.09. The second kappa shape index (κ2) is 4.04. The molecular formula is C8H15O3P. The smallest absolute Gasteiger partial charge is 0.324 e. The molecule has 0 bridgehead atoms. The third kappa shape index (κ3) is 2.59. The highest BCUT2D eigenvalue weighted by Crippen LogP contribution is 2.52. The Kier molecular flexibility index (Phi) is 3.91. The Balaban J connectivity index is 5.01. The normalized spacial score (nSPS) is 18.8. The lowest BCUT2D eigenvalue weighted by molar-refractivity contribution is 0.356. The molecule has 0 aromatic rings. The van der Waals surface area contributed by atoms with Gasteiger partial charge in [-0.05, 0) is 20.8 Å². The summed E-state index contributed by atoms with van der Waals surface area (Å²) in [6.07, 6.45) is 6.29. The van der Waals surface area contributed by atoms with Crippen LogP contribution in [0.4, 0.5) is 0 Å². The molecule has 0 amide bonds. The van der Waals surface area contributed by atoms with Gasteiger partial charge in [-0.25, -0.2) is 0 Å². The molecule has 0 saturated carbocycles. The van der Waals surface area contributed by atoms with Crippen molar-refractivity contribution in [1.82, 2.24) is 0 Å². The zero-order chi connectivity index (χ0) is 9.83. The van der Waals surface area contributed by atoms with Crippen LogP contribution in [0.3, 0.4) is 0 Å². The van der Waals surface area contributed by atoms with Gasteiger partial charge in [0.15, 0.2) is 0 Å². The van der Waals surface area contributed by atoms with E-state index in [1.807, 2.05) is 0 Å². The highest BCUT2D eigenvalue weighted by molar-refractivity contribution is 7.54. The second-order valence-electron chi connectivity index (χ2n) is 2.77. The minimum Gasteiger partial charge on any atom is -0.324 e. The van der Waals surface area contributed by atoms with E-state index in [0.29, 0.717) is 0 Å². The maximum atomic E-state index is 11.0. The van der Waals surface area contributed by atoms with Crippen LogP contribution >= 0.6 is 7.60 Å². The van der Waals surface area contributed by atoms with Gasteiger partial charge in [-0.2, -0.15) is 0 Å². The molecule has 4 heteroatoms. The molecule has 0 spiro atoms. The molecule has 0 atom stereocenters. The summed E-state index contributed by atoms with van der Waals surface area (Å²) in [5.74, 6) is 0. The quantitative estimate of drug-likeness (QED) is 0.529. The van der Waals surface area contributed by atoms with Gasteiger partial charge in [0.1, 0.15) is 5.16 Å². The lowest BCUT2D eigenvalue weighted by Crippen LogP contribution is -2.18. The van der Waals surface area contributed by atoms with Gasteiger partial charge in [0, 0.05) is 0 Å². The van der Waals surface area contributed by atoms with Gasteiger partial charge in [0.05, 0.1) is 0 Å². The fraction of sp³-hybridized carbons (Fsp3) is 0.500. The van der Waals surface area contributed by atoms with Crippen molar-refractivity contribution in [2.24, 2.45) is 0 Å². The van der Waals surface area contributed by atoms with Crippen LogP contribution in [-0.2, 0) is 4.57 Å². The molecule has 2 N–H and O–H groups in total. The Morgan fingerprint density at radius 3 is 1.67 bits per heavy atom. The van der Waals surface area contributed by atoms with Crippen molar-refractivity contribution in [3.05, 3.63) is 24.3 Å². The van der Waals surface area contributed by atoms with Gasteiger partial charge < -0.3 is 9.79 Å². The molecule has 0 fully saturated rings. The molecule has 0 aromatic heterocycles. The van der Waals surface area contributed by atoms with Gasteiger partial charge in [0.25, 0.3) is 0 Å². The van der Waals surface area contributed by atoms with Crippen molar-refractivity contribution in [2.75, 3.05) is 0 Å². The third-order valence-electron chi connectivity index (χ3n) is 1.64. The first-order chi connectivity index (χ1) is 5.37. The van der Waals surface area contributed by atoms with Crippen molar-refractivity contribution < 1.29 is 14.4 Å². The lowest BCUT2D eigenvalue weighted by atomic mass is 10.1. The molecular weight excluding hydrogens is 175 g/mol. The second-order valence-corrected chi connectivity index (χ2v) is 4.82. The first-order valence-electron chi connectivity index (χ1n) is 3.70. The van der Waals surface area contributed by atoms with Gasteiger partial charge in [-0.3, -0.25) is 4.57 Å². The van der Waals surface area contributed by atoms with Crippen LogP contribution in [0.2, 0.25) is 0 Å². The Hall–Kier alpha value is -0.370. The van der Waals surface area contributed by atoms with Gasteiger partial charge in [0.2, 0.25) is 0 Å². The summed E-state index contributed by atoms with van der Waals surface area (Å²) in [6, 6.07) is 0. The van der Waals surface area contributed by atoms with Crippen LogP contribution < -0.4 is 0 Å². The maximum Gasteiger partial charge on any atom is 0.338 e. The van der Waals surface area contributed by atoms with Crippen molar-refractivity contribution >= 4 is 7.60 Å². The van der Waals surface area contributed by atoms with E-state index in [9.17, 15) is 4.57 Å². The van der Waals surface area contributed by atoms with Crippen molar-refractivity contribution in [1.29, 1.82) is 0 Å². The molecule has 0 aromatic carbocycles. The molecule has 0 unspecified atom stereocenters. The van der Waals surface area contributed by atoms with Crippen molar-refractivity contribution in [3.8, 4) is 0 Å². The lowest BCUT2D eigenvalue weighted by Gasteiger charge is -2.22. The molecule has 3 nitrogen and oxygen atoms in total. The molecule has 0 aliphatic carbocycles. The van der Waals surface area contributed by atoms with Crippen LogP contribution in [0.5, 0.6) is 0 Å². The average molecular weight is 190 g/mol. The standard InChI is InChI=1S/C8H15O3P/c1-4-6-8(3,7-5-2)12(9,10)11/h4-7H,1-3H3,(H2,9,10,11). The SMILES string of the molecule is CC=CC(C)(C=CC)P(=O)(O)O. The van der Waals surface area contributed by atoms with E-state index >= 15 is 0 Å². The molecule has 0 aliphatic rings. The highest BCUT2D eigenvalue weighted by Gasteiger charge is 2.36. The number of allylic oxidation sites excluding steroid dienone is 4. The van der Waals surface area contributed by atoms with E-state index in [-0.39, 0.29) is 0 Å². The summed E-state index contributed by atoms with van der Waals surface area (Å²) < 4.78 is 11.0. The summed E-state index contributed by atoms with van der Waals surface area (Å²) in [5, 5.41) is -1.16. The van der Waals surface area contributed by atoms with Crippen molar-refractivity contribution in [2.45, 2.75) is 25.9 Å². The van der Waals surface area contributed by atoms with Crippen LogP contribution in [-0.4, -0.2) is 14.9 Å². The van der Waals surface area contributed by atoms with E-state index in [1.165, 1.54) is 19.1 Å². The van der Waals surface area contributed by atoms with Gasteiger partial charge in [-0.15, -0.1) is 0 Å². The summed E-state index contributed by atoms with van der Waals surface area (Å²) in [6.45, 7) is 4.97. The molecule has 0 saturated heterocycles. The zero-order valence-corrected chi connectivity index (χ0v) is 8.45. The molecule has 0 aliphatic heterocycles. The highest BCUT2D eigenvalue weighted by atomic mass is 31.2. The fourth-order valence-electron chi connectivity index (χ4n) is 0.925. The first kappa shape index (κ1) is 11.6. The minimum absolute atomic E-state index is 1.16. The third-order valence-corrected chi connectivity index (χ3v) is 3.19. The van der Waals surface area contributed by atoms with E-state index in [2.05, 4.69) is 0 Å². The van der Waals surface area contributed by atoms with Crippen LogP contribution in [0.25, 0.3) is 0 Å². The Labute approximate surface area is 73.0 Å². The predicted octanol–water partition coefficient (Wildman–Crippen LogP) is 2.08. The fourth-order valence-corrected chi connectivity index (χ4v) is 1.61. The van der Waals surface area contributed by atoms with Gasteiger partial charge in [-0.1, -0.05) is 24.3 Å². The number of hydrogen-bond acceptors (Lipinski definition) is 1. The number of hydrogen-bond donors (Lipinski definition) is 2. The first-order valence-corrected chi connectivity index (χ1v) is 5.32. The van der Waals surface area contributed by atoms with Crippen LogP contribution in [0.15, 0.2) is 24.3 Å². The van der Waals surface area contributed by atoms with E-state index in [4.69, 9.17) is 9.79 Å². The Bertz CT molecular complexity index is 225. The van der Waals surface area contributed by atoms with Gasteiger partial charge >= 0.3 is 7.60 Å². The molecule has 0 rings (SSSR count). The largest absolute Gasteiger partial charge is 0.338 e. The Morgan fingerprint density at radius 2 is 1.50 bits per heavy atom. The molecule has 12 heavy (non-hydrogen) atoms. The van der Waals surface area contributed by atoms with E-state index < -0.39 is 12.8 Å². The molecule has 0 heterocycles. The Morgan fingerprint density at radius 1 is 1.17 bits per heavy atom. The monoisotopic (exact) mass is 190 g/mol. The maximum absolute atomic E-state index is 11.0. The van der Waals surface area contributed by atoms with Crippen LogP contribution in [0, 0.1) is 0 Å². The molecule has 0 radical (unpaired) electrons.